The average Bonchev–Trinajstić information content (AvgIpc) is 3.20. The van der Waals surface area contributed by atoms with E-state index in [1.165, 1.54) is 0 Å². The van der Waals surface area contributed by atoms with Gasteiger partial charge in [-0.25, -0.2) is 0 Å². The van der Waals surface area contributed by atoms with Crippen molar-refractivity contribution in [2.45, 2.75) is 58.0 Å². The summed E-state index contributed by atoms with van der Waals surface area (Å²) in [6, 6.07) is 16.2. The molecule has 38 heavy (non-hydrogen) atoms. The number of aliphatic carboxylic acids is 1. The van der Waals surface area contributed by atoms with Gasteiger partial charge in [-0.05, 0) is 55.2 Å². The van der Waals surface area contributed by atoms with Crippen LogP contribution in [0.3, 0.4) is 0 Å². The topological polar surface area (TPSA) is 138 Å². The monoisotopic (exact) mass is 542 g/mol. The highest BCUT2D eigenvalue weighted by Crippen LogP contribution is 2.45. The van der Waals surface area contributed by atoms with E-state index in [-0.39, 0.29) is 42.8 Å². The molecule has 0 fully saturated rings. The number of Topliss-reactive ketones (excluding diaryl/α,β-unsaturated/α-hetero) is 1. The molecule has 4 N–H and O–H groups in total. The standard InChI is InChI=1S/C29H39N2O6P/c1-21(17-26(30)29(34)35)18-27(32)24(14-13-22-9-3-2-4-10-22)20-38(36,37)16-8-7-15-31-19-23-11-5-6-12-25(23)28(31)33/h2-6,9-12,21,24,26H,7-8,13-20,30H2,1H3,(H,34,35)(H,36,37)/t21?,24?,26-/m0/s1. The zero-order valence-corrected chi connectivity index (χ0v) is 22.9. The van der Waals surface area contributed by atoms with Crippen molar-refractivity contribution in [3.8, 4) is 0 Å². The Balaban J connectivity index is 1.53. The Bertz CT molecular complexity index is 1150. The molecule has 2 aromatic rings. The fourth-order valence-corrected chi connectivity index (χ4v) is 7.04. The van der Waals surface area contributed by atoms with E-state index in [9.17, 15) is 23.8 Å². The highest BCUT2D eigenvalue weighted by Gasteiger charge is 2.31. The van der Waals surface area contributed by atoms with E-state index < -0.39 is 25.3 Å². The molecule has 4 atom stereocenters. The van der Waals surface area contributed by atoms with Gasteiger partial charge in [-0.3, -0.25) is 18.9 Å². The third-order valence-electron chi connectivity index (χ3n) is 7.19. The number of aryl methyl sites for hydroxylation is 1. The molecule has 3 unspecified atom stereocenters. The van der Waals surface area contributed by atoms with Gasteiger partial charge < -0.3 is 20.6 Å². The molecular formula is C29H39N2O6P. The molecule has 2 aromatic carbocycles. The zero-order valence-electron chi connectivity index (χ0n) is 22.0. The molecular weight excluding hydrogens is 503 g/mol. The van der Waals surface area contributed by atoms with Crippen LogP contribution < -0.4 is 5.73 Å². The maximum atomic E-state index is 13.2. The van der Waals surface area contributed by atoms with E-state index in [2.05, 4.69) is 0 Å². The van der Waals surface area contributed by atoms with E-state index in [1.54, 1.807) is 11.8 Å². The number of fused-ring (bicyclic) bond motifs is 1. The van der Waals surface area contributed by atoms with Crippen LogP contribution in [0.1, 0.15) is 60.5 Å². The predicted molar refractivity (Wildman–Crippen MR) is 147 cm³/mol. The molecule has 1 aliphatic rings. The highest BCUT2D eigenvalue weighted by atomic mass is 31.2. The second-order valence-electron chi connectivity index (χ2n) is 10.5. The molecule has 0 saturated heterocycles. The maximum Gasteiger partial charge on any atom is 0.320 e. The first-order valence-corrected chi connectivity index (χ1v) is 15.3. The zero-order chi connectivity index (χ0) is 27.7. The third kappa shape index (κ3) is 8.90. The number of unbranched alkanes of at least 4 members (excludes halogenated alkanes) is 1. The Morgan fingerprint density at radius 1 is 1.08 bits per heavy atom. The summed E-state index contributed by atoms with van der Waals surface area (Å²) in [6.45, 7) is 2.86. The van der Waals surface area contributed by atoms with Crippen LogP contribution in [0, 0.1) is 11.8 Å². The van der Waals surface area contributed by atoms with Crippen LogP contribution in [0.5, 0.6) is 0 Å². The van der Waals surface area contributed by atoms with Crippen LogP contribution in [0.15, 0.2) is 54.6 Å². The van der Waals surface area contributed by atoms with Crippen molar-refractivity contribution in [3.63, 3.8) is 0 Å². The number of benzene rings is 2. The normalized spacial score (nSPS) is 16.9. The number of carboxylic acid groups (broad SMARTS) is 1. The molecule has 1 heterocycles. The van der Waals surface area contributed by atoms with Crippen LogP contribution in [0.2, 0.25) is 0 Å². The lowest BCUT2D eigenvalue weighted by molar-refractivity contribution is -0.139. The first-order valence-electron chi connectivity index (χ1n) is 13.3. The van der Waals surface area contributed by atoms with Gasteiger partial charge in [-0.15, -0.1) is 0 Å². The molecule has 206 valence electrons. The van der Waals surface area contributed by atoms with Gasteiger partial charge in [0.2, 0.25) is 7.37 Å². The first-order chi connectivity index (χ1) is 18.1. The molecule has 9 heteroatoms. The summed E-state index contributed by atoms with van der Waals surface area (Å²) in [5, 5.41) is 9.07. The van der Waals surface area contributed by atoms with Gasteiger partial charge in [0, 0.05) is 43.3 Å². The average molecular weight is 543 g/mol. The number of nitrogens with zero attached hydrogens (tertiary/aromatic N) is 1. The number of amides is 1. The number of hydrogen-bond donors (Lipinski definition) is 3. The Kier molecular flexibility index (Phi) is 10.8. The molecule has 0 saturated carbocycles. The summed E-state index contributed by atoms with van der Waals surface area (Å²) in [6.07, 6.45) is 2.44. The number of carboxylic acids is 1. The van der Waals surface area contributed by atoms with Crippen LogP contribution >= 0.6 is 7.37 Å². The lowest BCUT2D eigenvalue weighted by atomic mass is 9.89. The summed E-state index contributed by atoms with van der Waals surface area (Å²) in [5.74, 6) is -2.07. The minimum absolute atomic E-state index is 0.00362. The number of hydrogen-bond acceptors (Lipinski definition) is 5. The summed E-state index contributed by atoms with van der Waals surface area (Å²) < 4.78 is 13.2. The van der Waals surface area contributed by atoms with Crippen molar-refractivity contribution in [1.82, 2.24) is 4.90 Å². The van der Waals surface area contributed by atoms with Crippen LogP contribution in [-0.2, 0) is 27.1 Å². The van der Waals surface area contributed by atoms with Gasteiger partial charge in [0.15, 0.2) is 0 Å². The Morgan fingerprint density at radius 2 is 1.76 bits per heavy atom. The van der Waals surface area contributed by atoms with Gasteiger partial charge in [-0.2, -0.15) is 0 Å². The molecule has 0 spiro atoms. The van der Waals surface area contributed by atoms with Crippen molar-refractivity contribution >= 4 is 25.0 Å². The lowest BCUT2D eigenvalue weighted by Crippen LogP contribution is -2.33. The second kappa shape index (κ2) is 13.8. The fourth-order valence-electron chi connectivity index (χ4n) is 5.06. The Labute approximate surface area is 224 Å². The maximum absolute atomic E-state index is 13.2. The molecule has 1 amide bonds. The van der Waals surface area contributed by atoms with Crippen LogP contribution in [0.25, 0.3) is 0 Å². The molecule has 0 bridgehead atoms. The molecule has 0 radical (unpaired) electrons. The summed E-state index contributed by atoms with van der Waals surface area (Å²) in [4.78, 5) is 49.4. The van der Waals surface area contributed by atoms with Crippen LogP contribution in [-0.4, -0.2) is 57.5 Å². The number of rotatable bonds is 16. The third-order valence-corrected chi connectivity index (χ3v) is 9.22. The van der Waals surface area contributed by atoms with Gasteiger partial charge in [0.05, 0.1) is 0 Å². The summed E-state index contributed by atoms with van der Waals surface area (Å²) >= 11 is 0. The number of carbonyl (C=O) groups is 3. The van der Waals surface area contributed by atoms with E-state index in [1.807, 2.05) is 54.6 Å². The molecule has 1 aliphatic heterocycles. The predicted octanol–water partition coefficient (Wildman–Crippen LogP) is 4.34. The molecule has 0 aliphatic carbocycles. The largest absolute Gasteiger partial charge is 0.480 e. The Morgan fingerprint density at radius 3 is 2.45 bits per heavy atom. The fraction of sp³-hybridized carbons (Fsp3) is 0.483. The minimum atomic E-state index is -3.59. The lowest BCUT2D eigenvalue weighted by Gasteiger charge is -2.22. The van der Waals surface area contributed by atoms with Crippen molar-refractivity contribution in [2.75, 3.05) is 18.9 Å². The van der Waals surface area contributed by atoms with Crippen molar-refractivity contribution in [3.05, 3.63) is 71.3 Å². The van der Waals surface area contributed by atoms with Gasteiger partial charge >= 0.3 is 5.97 Å². The van der Waals surface area contributed by atoms with Crippen molar-refractivity contribution in [2.24, 2.45) is 17.6 Å². The van der Waals surface area contributed by atoms with E-state index in [0.29, 0.717) is 38.8 Å². The minimum Gasteiger partial charge on any atom is -0.480 e. The van der Waals surface area contributed by atoms with E-state index in [0.717, 1.165) is 16.7 Å². The Hall–Kier alpha value is -2.80. The number of carbonyl (C=O) groups excluding carboxylic acids is 2. The van der Waals surface area contributed by atoms with E-state index >= 15 is 0 Å². The highest BCUT2D eigenvalue weighted by molar-refractivity contribution is 7.58. The summed E-state index contributed by atoms with van der Waals surface area (Å²) in [5.41, 5.74) is 8.41. The molecule has 3 rings (SSSR count). The van der Waals surface area contributed by atoms with E-state index in [4.69, 9.17) is 10.8 Å². The smallest absolute Gasteiger partial charge is 0.320 e. The second-order valence-corrected chi connectivity index (χ2v) is 13.0. The number of nitrogens with two attached hydrogens (primary N) is 1. The van der Waals surface area contributed by atoms with Crippen LogP contribution in [0.4, 0.5) is 0 Å². The number of ketones is 1. The SMILES string of the molecule is CC(CC(=O)C(CCc1ccccc1)CP(=O)(O)CCCCN1Cc2ccccc2C1=O)C[C@H](N)C(=O)O. The molecule has 8 nitrogen and oxygen atoms in total. The van der Waals surface area contributed by atoms with Gasteiger partial charge in [0.25, 0.3) is 5.91 Å². The van der Waals surface area contributed by atoms with Gasteiger partial charge in [-0.1, -0.05) is 55.5 Å². The van der Waals surface area contributed by atoms with Gasteiger partial charge in [0.1, 0.15) is 11.8 Å². The summed E-state index contributed by atoms with van der Waals surface area (Å²) in [7, 11) is -3.59. The van der Waals surface area contributed by atoms with Crippen molar-refractivity contribution < 1.29 is 28.9 Å². The quantitative estimate of drug-likeness (QED) is 0.212. The van der Waals surface area contributed by atoms with Crippen molar-refractivity contribution in [1.29, 1.82) is 0 Å². The first kappa shape index (κ1) is 29.8. The molecule has 0 aromatic heterocycles.